The summed E-state index contributed by atoms with van der Waals surface area (Å²) in [6, 6.07) is 19.9. The van der Waals surface area contributed by atoms with Crippen LogP contribution in [0.1, 0.15) is 43.4 Å². The Morgan fingerprint density at radius 1 is 1.00 bits per heavy atom. The molecule has 0 aliphatic carbocycles. The Bertz CT molecular complexity index is 727. The van der Waals surface area contributed by atoms with E-state index in [-0.39, 0.29) is 30.4 Å². The van der Waals surface area contributed by atoms with Gasteiger partial charge in [-0.2, -0.15) is 0 Å². The molecule has 2 aromatic rings. The Balaban J connectivity index is 0.00000280. The van der Waals surface area contributed by atoms with Crippen molar-refractivity contribution in [3.05, 3.63) is 77.9 Å². The summed E-state index contributed by atoms with van der Waals surface area (Å²) in [4.78, 5) is 15.0. The summed E-state index contributed by atoms with van der Waals surface area (Å²) in [5, 5.41) is 0. The summed E-state index contributed by atoms with van der Waals surface area (Å²) in [6.45, 7) is 5.43. The summed E-state index contributed by atoms with van der Waals surface area (Å²) < 4.78 is 5.91. The molecule has 28 heavy (non-hydrogen) atoms. The van der Waals surface area contributed by atoms with Crippen LogP contribution in [0.15, 0.2) is 66.7 Å². The van der Waals surface area contributed by atoms with Crippen LogP contribution in [0.4, 0.5) is 0 Å². The topological polar surface area (TPSA) is 29.5 Å². The SMILES string of the molecule is CC(CN1CCCCC1)C(OC(=O)/C=C/c1ccccc1)c1ccccc1.Cl. The van der Waals surface area contributed by atoms with Crippen LogP contribution in [0, 0.1) is 5.92 Å². The van der Waals surface area contributed by atoms with Crippen molar-refractivity contribution in [3.8, 4) is 0 Å². The summed E-state index contributed by atoms with van der Waals surface area (Å²) >= 11 is 0. The lowest BCUT2D eigenvalue weighted by Gasteiger charge is -2.32. The molecule has 1 aliphatic heterocycles. The standard InChI is InChI=1S/C24H29NO2.ClH/c1-20(19-25-17-9-4-10-18-25)24(22-13-7-3-8-14-22)27-23(26)16-15-21-11-5-2-6-12-21;/h2-3,5-8,11-16,20,24H,4,9-10,17-19H2,1H3;1H/b16-15+;. The minimum absolute atomic E-state index is 0. The van der Waals surface area contributed by atoms with Crippen LogP contribution >= 0.6 is 12.4 Å². The first kappa shape index (κ1) is 22.2. The first-order valence-corrected chi connectivity index (χ1v) is 9.93. The molecule has 2 atom stereocenters. The van der Waals surface area contributed by atoms with Gasteiger partial charge >= 0.3 is 5.97 Å². The first-order chi connectivity index (χ1) is 13.2. The van der Waals surface area contributed by atoms with E-state index in [1.54, 1.807) is 6.08 Å². The third-order valence-electron chi connectivity index (χ3n) is 5.09. The van der Waals surface area contributed by atoms with E-state index >= 15 is 0 Å². The lowest BCUT2D eigenvalue weighted by atomic mass is 9.95. The monoisotopic (exact) mass is 399 g/mol. The zero-order valence-corrected chi connectivity index (χ0v) is 17.3. The maximum Gasteiger partial charge on any atom is 0.331 e. The summed E-state index contributed by atoms with van der Waals surface area (Å²) in [6.07, 6.45) is 6.95. The molecule has 2 aromatic carbocycles. The Kier molecular flexibility index (Phi) is 9.26. The third-order valence-corrected chi connectivity index (χ3v) is 5.09. The van der Waals surface area contributed by atoms with Crippen molar-refractivity contribution in [1.29, 1.82) is 0 Å². The average Bonchev–Trinajstić information content (AvgIpc) is 2.72. The molecule has 0 aromatic heterocycles. The molecule has 0 radical (unpaired) electrons. The maximum atomic E-state index is 12.5. The summed E-state index contributed by atoms with van der Waals surface area (Å²) in [5.74, 6) is -0.0576. The fraction of sp³-hybridized carbons (Fsp3) is 0.375. The molecule has 1 fully saturated rings. The Morgan fingerprint density at radius 2 is 1.61 bits per heavy atom. The first-order valence-electron chi connectivity index (χ1n) is 9.93. The fourth-order valence-electron chi connectivity index (χ4n) is 3.69. The van der Waals surface area contributed by atoms with Gasteiger partial charge in [-0.3, -0.25) is 0 Å². The quantitative estimate of drug-likeness (QED) is 0.453. The number of carbonyl (C=O) groups is 1. The van der Waals surface area contributed by atoms with E-state index < -0.39 is 0 Å². The van der Waals surface area contributed by atoms with Gasteiger partial charge in [0.2, 0.25) is 0 Å². The van der Waals surface area contributed by atoms with Gasteiger partial charge < -0.3 is 9.64 Å². The number of piperidine rings is 1. The zero-order valence-electron chi connectivity index (χ0n) is 16.5. The minimum atomic E-state index is -0.293. The number of rotatable bonds is 7. The maximum absolute atomic E-state index is 12.5. The molecule has 3 nitrogen and oxygen atoms in total. The molecule has 0 saturated carbocycles. The number of likely N-dealkylation sites (tertiary alicyclic amines) is 1. The number of ether oxygens (including phenoxy) is 1. The number of hydrogen-bond donors (Lipinski definition) is 0. The van der Waals surface area contributed by atoms with Crippen LogP contribution < -0.4 is 0 Å². The van der Waals surface area contributed by atoms with Crippen molar-refractivity contribution >= 4 is 24.5 Å². The number of halogens is 1. The van der Waals surface area contributed by atoms with Gasteiger partial charge in [-0.25, -0.2) is 4.79 Å². The molecule has 0 spiro atoms. The van der Waals surface area contributed by atoms with E-state index in [1.165, 1.54) is 25.3 Å². The normalized spacial score (nSPS) is 16.9. The van der Waals surface area contributed by atoms with Crippen molar-refractivity contribution in [3.63, 3.8) is 0 Å². The molecule has 0 amide bonds. The van der Waals surface area contributed by atoms with E-state index in [0.717, 1.165) is 30.8 Å². The average molecular weight is 400 g/mol. The zero-order chi connectivity index (χ0) is 18.9. The van der Waals surface area contributed by atoms with Gasteiger partial charge in [0.15, 0.2) is 0 Å². The molecule has 0 N–H and O–H groups in total. The van der Waals surface area contributed by atoms with Crippen molar-refractivity contribution in [1.82, 2.24) is 4.90 Å². The second-order valence-electron chi connectivity index (χ2n) is 7.35. The lowest BCUT2D eigenvalue weighted by molar-refractivity contribution is -0.146. The Hall–Kier alpha value is -2.10. The van der Waals surface area contributed by atoms with E-state index in [0.29, 0.717) is 0 Å². The number of carbonyl (C=O) groups excluding carboxylic acids is 1. The van der Waals surface area contributed by atoms with Gasteiger partial charge in [0.25, 0.3) is 0 Å². The third kappa shape index (κ3) is 6.81. The largest absolute Gasteiger partial charge is 0.454 e. The highest BCUT2D eigenvalue weighted by Gasteiger charge is 2.25. The van der Waals surface area contributed by atoms with E-state index in [2.05, 4.69) is 11.8 Å². The number of benzene rings is 2. The van der Waals surface area contributed by atoms with Crippen molar-refractivity contribution in [2.75, 3.05) is 19.6 Å². The summed E-state index contributed by atoms with van der Waals surface area (Å²) in [5.41, 5.74) is 2.05. The second kappa shape index (κ2) is 11.7. The molecular formula is C24H30ClNO2. The molecule has 150 valence electrons. The molecule has 2 unspecified atom stereocenters. The van der Waals surface area contributed by atoms with Crippen LogP contribution in [0.5, 0.6) is 0 Å². The highest BCUT2D eigenvalue weighted by molar-refractivity contribution is 5.87. The highest BCUT2D eigenvalue weighted by Crippen LogP contribution is 2.28. The molecular weight excluding hydrogens is 370 g/mol. The second-order valence-corrected chi connectivity index (χ2v) is 7.35. The van der Waals surface area contributed by atoms with Crippen LogP contribution in [0.2, 0.25) is 0 Å². The predicted molar refractivity (Wildman–Crippen MR) is 117 cm³/mol. The fourth-order valence-corrected chi connectivity index (χ4v) is 3.69. The number of nitrogens with zero attached hydrogens (tertiary/aromatic N) is 1. The molecule has 1 heterocycles. The smallest absolute Gasteiger partial charge is 0.331 e. The van der Waals surface area contributed by atoms with Crippen LogP contribution in [-0.2, 0) is 9.53 Å². The molecule has 3 rings (SSSR count). The van der Waals surface area contributed by atoms with Gasteiger partial charge in [-0.05, 0) is 43.1 Å². The lowest BCUT2D eigenvalue weighted by Crippen LogP contribution is -2.36. The van der Waals surface area contributed by atoms with Gasteiger partial charge in [0, 0.05) is 18.5 Å². The summed E-state index contributed by atoms with van der Waals surface area (Å²) in [7, 11) is 0. The Labute approximate surface area is 174 Å². The molecule has 1 aliphatic rings. The van der Waals surface area contributed by atoms with Crippen LogP contribution in [0.3, 0.4) is 0 Å². The van der Waals surface area contributed by atoms with Gasteiger partial charge in [0.05, 0.1) is 0 Å². The molecule has 0 bridgehead atoms. The Morgan fingerprint density at radius 3 is 2.25 bits per heavy atom. The minimum Gasteiger partial charge on any atom is -0.454 e. The van der Waals surface area contributed by atoms with Crippen molar-refractivity contribution in [2.24, 2.45) is 5.92 Å². The molecule has 1 saturated heterocycles. The van der Waals surface area contributed by atoms with Crippen molar-refractivity contribution < 1.29 is 9.53 Å². The van der Waals surface area contributed by atoms with Gasteiger partial charge in [-0.1, -0.05) is 74.0 Å². The van der Waals surface area contributed by atoms with Crippen molar-refractivity contribution in [2.45, 2.75) is 32.3 Å². The predicted octanol–water partition coefficient (Wildman–Crippen LogP) is 5.53. The van der Waals surface area contributed by atoms with E-state index in [1.807, 2.05) is 60.7 Å². The number of hydrogen-bond acceptors (Lipinski definition) is 3. The van der Waals surface area contributed by atoms with Crippen LogP contribution in [-0.4, -0.2) is 30.5 Å². The van der Waals surface area contributed by atoms with Gasteiger partial charge in [0.1, 0.15) is 6.10 Å². The highest BCUT2D eigenvalue weighted by atomic mass is 35.5. The van der Waals surface area contributed by atoms with E-state index in [9.17, 15) is 4.79 Å². The number of esters is 1. The van der Waals surface area contributed by atoms with Gasteiger partial charge in [-0.15, -0.1) is 12.4 Å². The van der Waals surface area contributed by atoms with Crippen LogP contribution in [0.25, 0.3) is 6.08 Å². The molecule has 4 heteroatoms. The van der Waals surface area contributed by atoms with E-state index in [4.69, 9.17) is 4.74 Å².